The monoisotopic (exact) mass is 417 g/mol. The average Bonchev–Trinajstić information content (AvgIpc) is 3.22. The Morgan fingerprint density at radius 3 is 2.60 bits per heavy atom. The van der Waals surface area contributed by atoms with Crippen molar-refractivity contribution in [2.75, 3.05) is 11.9 Å². The van der Waals surface area contributed by atoms with E-state index in [-0.39, 0.29) is 18.2 Å². The van der Waals surface area contributed by atoms with Gasteiger partial charge in [0.1, 0.15) is 0 Å². The molecule has 0 bridgehead atoms. The van der Waals surface area contributed by atoms with Crippen molar-refractivity contribution >= 4 is 39.2 Å². The number of carbonyl (C=O) groups excluding carboxylic acids is 2. The summed E-state index contributed by atoms with van der Waals surface area (Å²) in [5.74, 6) is -0.822. The molecule has 0 spiro atoms. The number of anilines is 1. The summed E-state index contributed by atoms with van der Waals surface area (Å²) in [5, 5.41) is 5.43. The van der Waals surface area contributed by atoms with Crippen LogP contribution in [0.15, 0.2) is 60.0 Å². The second kappa shape index (κ2) is 8.42. The molecular weight excluding hydrogens is 398 g/mol. The first kappa shape index (κ1) is 19.7. The minimum Gasteiger partial charge on any atom is -0.461 e. The maximum Gasteiger partial charge on any atom is 0.357 e. The fourth-order valence-electron chi connectivity index (χ4n) is 3.03. The standard InChI is InChI=1S/C23H19N3O3S/c1-3-29-22(28)20-13-30-23(25-20)26-21(27)17-12-19(15-10-8-14(2)9-11-15)24-18-7-5-4-6-16(17)18/h4-13H,3H2,1-2H3,(H,25,26,27). The van der Waals surface area contributed by atoms with Crippen molar-refractivity contribution in [3.05, 3.63) is 76.8 Å². The van der Waals surface area contributed by atoms with Crippen LogP contribution in [0.1, 0.15) is 33.3 Å². The van der Waals surface area contributed by atoms with Crippen LogP contribution in [0.25, 0.3) is 22.2 Å². The molecule has 0 radical (unpaired) electrons. The van der Waals surface area contributed by atoms with Gasteiger partial charge in [0, 0.05) is 16.3 Å². The van der Waals surface area contributed by atoms with Crippen molar-refractivity contribution in [1.82, 2.24) is 9.97 Å². The van der Waals surface area contributed by atoms with Gasteiger partial charge in [-0.3, -0.25) is 10.1 Å². The molecule has 4 aromatic rings. The van der Waals surface area contributed by atoms with Crippen LogP contribution in [-0.4, -0.2) is 28.5 Å². The number of pyridine rings is 1. The van der Waals surface area contributed by atoms with Crippen molar-refractivity contribution in [3.63, 3.8) is 0 Å². The van der Waals surface area contributed by atoms with Gasteiger partial charge in [-0.1, -0.05) is 48.0 Å². The van der Waals surface area contributed by atoms with E-state index in [4.69, 9.17) is 9.72 Å². The number of amides is 1. The van der Waals surface area contributed by atoms with Crippen molar-refractivity contribution in [1.29, 1.82) is 0 Å². The van der Waals surface area contributed by atoms with Crippen molar-refractivity contribution in [2.45, 2.75) is 13.8 Å². The van der Waals surface area contributed by atoms with Gasteiger partial charge in [-0.2, -0.15) is 0 Å². The van der Waals surface area contributed by atoms with Crippen molar-refractivity contribution in [2.24, 2.45) is 0 Å². The van der Waals surface area contributed by atoms with Gasteiger partial charge in [-0.15, -0.1) is 11.3 Å². The molecule has 2 aromatic heterocycles. The number of nitrogens with zero attached hydrogens (tertiary/aromatic N) is 2. The van der Waals surface area contributed by atoms with E-state index in [2.05, 4.69) is 10.3 Å². The number of thiazole rings is 1. The molecule has 0 aliphatic carbocycles. The summed E-state index contributed by atoms with van der Waals surface area (Å²) in [6.45, 7) is 4.02. The molecule has 0 fully saturated rings. The molecule has 150 valence electrons. The van der Waals surface area contributed by atoms with Gasteiger partial charge in [-0.25, -0.2) is 14.8 Å². The number of carbonyl (C=O) groups is 2. The number of nitrogens with one attached hydrogen (secondary N) is 1. The molecule has 0 aliphatic heterocycles. The summed E-state index contributed by atoms with van der Waals surface area (Å²) in [4.78, 5) is 33.8. The molecule has 0 saturated heterocycles. The van der Waals surface area contributed by atoms with Gasteiger partial charge in [0.25, 0.3) is 5.91 Å². The lowest BCUT2D eigenvalue weighted by Gasteiger charge is -2.10. The molecule has 2 heterocycles. The topological polar surface area (TPSA) is 81.2 Å². The van der Waals surface area contributed by atoms with E-state index in [9.17, 15) is 9.59 Å². The molecule has 6 nitrogen and oxygen atoms in total. The Labute approximate surface area is 177 Å². The molecule has 0 atom stereocenters. The molecule has 0 aliphatic rings. The van der Waals surface area contributed by atoms with Crippen LogP contribution in [0.2, 0.25) is 0 Å². The molecule has 7 heteroatoms. The molecule has 2 aromatic carbocycles. The number of hydrogen-bond donors (Lipinski definition) is 1. The lowest BCUT2D eigenvalue weighted by atomic mass is 10.0. The van der Waals surface area contributed by atoms with E-state index in [1.807, 2.05) is 55.5 Å². The van der Waals surface area contributed by atoms with Crippen LogP contribution in [0.3, 0.4) is 0 Å². The van der Waals surface area contributed by atoms with Gasteiger partial charge in [0.05, 0.1) is 23.4 Å². The smallest absolute Gasteiger partial charge is 0.357 e. The van der Waals surface area contributed by atoms with E-state index in [0.717, 1.165) is 22.0 Å². The minimum atomic E-state index is -0.509. The predicted molar refractivity (Wildman–Crippen MR) is 118 cm³/mol. The van der Waals surface area contributed by atoms with E-state index in [1.54, 1.807) is 18.4 Å². The Kier molecular flexibility index (Phi) is 5.54. The third-order valence-corrected chi connectivity index (χ3v) is 5.28. The summed E-state index contributed by atoms with van der Waals surface area (Å²) in [6, 6.07) is 17.3. The third-order valence-electron chi connectivity index (χ3n) is 4.52. The fourth-order valence-corrected chi connectivity index (χ4v) is 3.70. The molecule has 0 unspecified atom stereocenters. The summed E-state index contributed by atoms with van der Waals surface area (Å²) < 4.78 is 4.95. The number of esters is 1. The number of rotatable bonds is 5. The number of aryl methyl sites for hydroxylation is 1. The van der Waals surface area contributed by atoms with Crippen LogP contribution in [0, 0.1) is 6.92 Å². The first-order chi connectivity index (χ1) is 14.5. The third kappa shape index (κ3) is 4.06. The van der Waals surface area contributed by atoms with Crippen LogP contribution < -0.4 is 5.32 Å². The molecule has 0 saturated carbocycles. The first-order valence-electron chi connectivity index (χ1n) is 9.46. The Bertz CT molecular complexity index is 1230. The highest BCUT2D eigenvalue weighted by atomic mass is 32.1. The lowest BCUT2D eigenvalue weighted by Crippen LogP contribution is -2.13. The maximum atomic E-state index is 13.1. The summed E-state index contributed by atoms with van der Waals surface area (Å²) >= 11 is 1.17. The SMILES string of the molecule is CCOC(=O)c1csc(NC(=O)c2cc(-c3ccc(C)cc3)nc3ccccc23)n1. The van der Waals surface area contributed by atoms with Crippen molar-refractivity contribution in [3.8, 4) is 11.3 Å². The second-order valence-corrected chi connectivity index (χ2v) is 7.51. The largest absolute Gasteiger partial charge is 0.461 e. The van der Waals surface area contributed by atoms with Gasteiger partial charge < -0.3 is 4.74 Å². The van der Waals surface area contributed by atoms with Gasteiger partial charge in [-0.05, 0) is 26.0 Å². The predicted octanol–water partition coefficient (Wildman–Crippen LogP) is 5.10. The quantitative estimate of drug-likeness (QED) is 0.457. The minimum absolute atomic E-state index is 0.178. The Hall–Kier alpha value is -3.58. The molecular formula is C23H19N3O3S. The normalized spacial score (nSPS) is 10.7. The average molecular weight is 417 g/mol. The Morgan fingerprint density at radius 2 is 1.83 bits per heavy atom. The van der Waals surface area contributed by atoms with Crippen LogP contribution in [0.4, 0.5) is 5.13 Å². The van der Waals surface area contributed by atoms with Gasteiger partial charge >= 0.3 is 5.97 Å². The van der Waals surface area contributed by atoms with E-state index in [1.165, 1.54) is 11.3 Å². The zero-order valence-corrected chi connectivity index (χ0v) is 17.3. The van der Waals surface area contributed by atoms with Crippen LogP contribution in [0.5, 0.6) is 0 Å². The first-order valence-corrected chi connectivity index (χ1v) is 10.3. The van der Waals surface area contributed by atoms with E-state index in [0.29, 0.717) is 16.4 Å². The fraction of sp³-hybridized carbons (Fsp3) is 0.130. The lowest BCUT2D eigenvalue weighted by molar-refractivity contribution is 0.0520. The Balaban J connectivity index is 1.69. The number of aromatic nitrogens is 2. The second-order valence-electron chi connectivity index (χ2n) is 6.65. The molecule has 4 rings (SSSR count). The Morgan fingerprint density at radius 1 is 1.07 bits per heavy atom. The highest BCUT2D eigenvalue weighted by Crippen LogP contribution is 2.26. The van der Waals surface area contributed by atoms with Crippen LogP contribution >= 0.6 is 11.3 Å². The summed E-state index contributed by atoms with van der Waals surface area (Å²) in [5.41, 5.74) is 4.19. The number of fused-ring (bicyclic) bond motifs is 1. The molecule has 1 N–H and O–H groups in total. The maximum absolute atomic E-state index is 13.1. The summed E-state index contributed by atoms with van der Waals surface area (Å²) in [7, 11) is 0. The number of para-hydroxylation sites is 1. The van der Waals surface area contributed by atoms with Crippen LogP contribution in [-0.2, 0) is 4.74 Å². The molecule has 30 heavy (non-hydrogen) atoms. The number of benzene rings is 2. The van der Waals surface area contributed by atoms with E-state index >= 15 is 0 Å². The molecule has 1 amide bonds. The van der Waals surface area contributed by atoms with Gasteiger partial charge in [0.15, 0.2) is 10.8 Å². The van der Waals surface area contributed by atoms with Gasteiger partial charge in [0.2, 0.25) is 0 Å². The summed E-state index contributed by atoms with van der Waals surface area (Å²) in [6.07, 6.45) is 0. The highest BCUT2D eigenvalue weighted by Gasteiger charge is 2.17. The zero-order chi connectivity index (χ0) is 21.1. The zero-order valence-electron chi connectivity index (χ0n) is 16.5. The highest BCUT2D eigenvalue weighted by molar-refractivity contribution is 7.14. The number of hydrogen-bond acceptors (Lipinski definition) is 6. The van der Waals surface area contributed by atoms with E-state index < -0.39 is 5.97 Å². The van der Waals surface area contributed by atoms with Crippen molar-refractivity contribution < 1.29 is 14.3 Å². The number of ether oxygens (including phenoxy) is 1.